The Balaban J connectivity index is 1.40. The monoisotopic (exact) mass is 381 g/mol. The number of rotatable bonds is 6. The molecule has 0 saturated heterocycles. The van der Waals surface area contributed by atoms with Crippen LogP contribution in [0.15, 0.2) is 28.7 Å². The molecule has 4 heteroatoms. The zero-order valence-corrected chi connectivity index (χ0v) is 15.5. The van der Waals surface area contributed by atoms with Crippen LogP contribution in [-0.2, 0) is 10.5 Å². The minimum atomic E-state index is 0.187. The predicted octanol–water partition coefficient (Wildman–Crippen LogP) is 4.62. The standard InChI is InChI=1S/C18H24BrNOS/c1-12(16-9-13-6-7-14(16)8-13)20-18(21)11-22-10-15-4-2-3-5-17(15)19/h2-5,12-14,16H,6-11H2,1H3,(H,20,21)/t12-,13+,14+,16-/m1/s1. The molecule has 22 heavy (non-hydrogen) atoms. The molecule has 2 saturated carbocycles. The molecule has 0 aliphatic heterocycles. The summed E-state index contributed by atoms with van der Waals surface area (Å²) in [5, 5.41) is 3.24. The van der Waals surface area contributed by atoms with Gasteiger partial charge in [-0.1, -0.05) is 40.5 Å². The highest BCUT2D eigenvalue weighted by Crippen LogP contribution is 2.49. The Bertz CT molecular complexity index is 536. The molecular weight excluding hydrogens is 358 g/mol. The third-order valence-corrected chi connectivity index (χ3v) is 7.03. The van der Waals surface area contributed by atoms with Gasteiger partial charge < -0.3 is 5.32 Å². The number of hydrogen-bond donors (Lipinski definition) is 1. The van der Waals surface area contributed by atoms with Crippen LogP contribution in [0.5, 0.6) is 0 Å². The maximum atomic E-state index is 12.1. The van der Waals surface area contributed by atoms with Crippen molar-refractivity contribution < 1.29 is 4.79 Å². The molecule has 2 aliphatic rings. The first-order chi connectivity index (χ1) is 10.6. The molecule has 0 unspecified atom stereocenters. The summed E-state index contributed by atoms with van der Waals surface area (Å²) in [5.41, 5.74) is 1.25. The maximum Gasteiger partial charge on any atom is 0.230 e. The molecule has 0 radical (unpaired) electrons. The minimum Gasteiger partial charge on any atom is -0.353 e. The van der Waals surface area contributed by atoms with Gasteiger partial charge in [0.2, 0.25) is 5.91 Å². The number of halogens is 1. The van der Waals surface area contributed by atoms with Crippen LogP contribution in [0, 0.1) is 17.8 Å². The van der Waals surface area contributed by atoms with E-state index in [-0.39, 0.29) is 5.91 Å². The van der Waals surface area contributed by atoms with Crippen molar-refractivity contribution in [2.24, 2.45) is 17.8 Å². The fourth-order valence-corrected chi connectivity index (χ4v) is 5.63. The lowest BCUT2D eigenvalue weighted by Gasteiger charge is -2.28. The average molecular weight is 382 g/mol. The van der Waals surface area contributed by atoms with Crippen molar-refractivity contribution in [3.05, 3.63) is 34.3 Å². The third kappa shape index (κ3) is 3.88. The van der Waals surface area contributed by atoms with Crippen LogP contribution in [0.25, 0.3) is 0 Å². The highest BCUT2D eigenvalue weighted by molar-refractivity contribution is 9.10. The molecule has 2 nitrogen and oxygen atoms in total. The minimum absolute atomic E-state index is 0.187. The van der Waals surface area contributed by atoms with E-state index in [1.165, 1.54) is 31.2 Å². The molecule has 0 aromatic heterocycles. The van der Waals surface area contributed by atoms with E-state index in [0.29, 0.717) is 11.8 Å². The van der Waals surface area contributed by atoms with Crippen LogP contribution in [0.4, 0.5) is 0 Å². The second-order valence-electron chi connectivity index (χ2n) is 6.78. The summed E-state index contributed by atoms with van der Waals surface area (Å²) in [4.78, 5) is 12.1. The van der Waals surface area contributed by atoms with E-state index in [0.717, 1.165) is 28.0 Å². The van der Waals surface area contributed by atoms with Gasteiger partial charge >= 0.3 is 0 Å². The van der Waals surface area contributed by atoms with Gasteiger partial charge in [0.1, 0.15) is 0 Å². The Kier molecular flexibility index (Phi) is 5.50. The summed E-state index contributed by atoms with van der Waals surface area (Å²) in [5.74, 6) is 4.14. The molecule has 2 bridgehead atoms. The number of benzene rings is 1. The largest absolute Gasteiger partial charge is 0.353 e. The molecule has 2 aliphatic carbocycles. The van der Waals surface area contributed by atoms with Gasteiger partial charge in [-0.3, -0.25) is 4.79 Å². The van der Waals surface area contributed by atoms with Crippen molar-refractivity contribution in [3.8, 4) is 0 Å². The lowest BCUT2D eigenvalue weighted by atomic mass is 9.84. The summed E-state index contributed by atoms with van der Waals surface area (Å²) in [6.45, 7) is 2.20. The van der Waals surface area contributed by atoms with Crippen molar-refractivity contribution in [3.63, 3.8) is 0 Å². The first-order valence-corrected chi connectivity index (χ1v) is 10.2. The number of hydrogen-bond acceptors (Lipinski definition) is 2. The van der Waals surface area contributed by atoms with Crippen LogP contribution < -0.4 is 5.32 Å². The van der Waals surface area contributed by atoms with Gasteiger partial charge in [-0.15, -0.1) is 11.8 Å². The summed E-state index contributed by atoms with van der Waals surface area (Å²) in [6.07, 6.45) is 5.54. The van der Waals surface area contributed by atoms with Crippen molar-refractivity contribution in [1.29, 1.82) is 0 Å². The lowest BCUT2D eigenvalue weighted by molar-refractivity contribution is -0.119. The van der Waals surface area contributed by atoms with Gasteiger partial charge in [0, 0.05) is 16.3 Å². The third-order valence-electron chi connectivity index (χ3n) is 5.27. The van der Waals surface area contributed by atoms with Crippen LogP contribution >= 0.6 is 27.7 Å². The molecule has 3 rings (SSSR count). The van der Waals surface area contributed by atoms with Crippen LogP contribution in [0.3, 0.4) is 0 Å². The van der Waals surface area contributed by atoms with E-state index >= 15 is 0 Å². The molecule has 120 valence electrons. The van der Waals surface area contributed by atoms with Crippen LogP contribution in [0.1, 0.15) is 38.2 Å². The van der Waals surface area contributed by atoms with Gasteiger partial charge in [-0.25, -0.2) is 0 Å². The fraction of sp³-hybridized carbons (Fsp3) is 0.611. The Labute approximate surface area is 146 Å². The van der Waals surface area contributed by atoms with E-state index in [1.54, 1.807) is 11.8 Å². The second kappa shape index (κ2) is 7.39. The normalized spacial score (nSPS) is 27.8. The molecule has 1 aromatic carbocycles. The SMILES string of the molecule is C[C@@H](NC(=O)CSCc1ccccc1Br)[C@H]1C[C@H]2CC[C@H]1C2. The fourth-order valence-electron chi connectivity index (χ4n) is 4.18. The van der Waals surface area contributed by atoms with Crippen LogP contribution in [0.2, 0.25) is 0 Å². The van der Waals surface area contributed by atoms with Crippen LogP contribution in [-0.4, -0.2) is 17.7 Å². The predicted molar refractivity (Wildman–Crippen MR) is 96.8 cm³/mol. The van der Waals surface area contributed by atoms with Gasteiger partial charge in [0.15, 0.2) is 0 Å². The number of fused-ring (bicyclic) bond motifs is 2. The quantitative estimate of drug-likeness (QED) is 0.778. The van der Waals surface area contributed by atoms with Crippen molar-refractivity contribution in [2.75, 3.05) is 5.75 Å². The Morgan fingerprint density at radius 3 is 2.86 bits per heavy atom. The topological polar surface area (TPSA) is 29.1 Å². The van der Waals surface area contributed by atoms with Crippen molar-refractivity contribution in [1.82, 2.24) is 5.32 Å². The van der Waals surface area contributed by atoms with Gasteiger partial charge in [0.05, 0.1) is 5.75 Å². The second-order valence-corrected chi connectivity index (χ2v) is 8.62. The summed E-state index contributed by atoms with van der Waals surface area (Å²) >= 11 is 5.24. The zero-order chi connectivity index (χ0) is 15.5. The van der Waals surface area contributed by atoms with E-state index in [1.807, 2.05) is 18.2 Å². The Morgan fingerprint density at radius 1 is 1.36 bits per heavy atom. The molecule has 1 N–H and O–H groups in total. The molecule has 1 aromatic rings. The molecule has 1 amide bonds. The first kappa shape index (κ1) is 16.4. The van der Waals surface area contributed by atoms with E-state index < -0.39 is 0 Å². The number of carbonyl (C=O) groups is 1. The highest BCUT2D eigenvalue weighted by Gasteiger charge is 2.42. The van der Waals surface area contributed by atoms with Crippen molar-refractivity contribution in [2.45, 2.75) is 44.4 Å². The van der Waals surface area contributed by atoms with Gasteiger partial charge in [-0.05, 0) is 55.6 Å². The Hall–Kier alpha value is -0.480. The summed E-state index contributed by atoms with van der Waals surface area (Å²) < 4.78 is 1.12. The molecule has 0 spiro atoms. The number of nitrogens with one attached hydrogen (secondary N) is 1. The van der Waals surface area contributed by atoms with E-state index in [9.17, 15) is 4.79 Å². The Morgan fingerprint density at radius 2 is 2.18 bits per heavy atom. The molecule has 4 atom stereocenters. The number of amides is 1. The summed E-state index contributed by atoms with van der Waals surface area (Å²) in [6, 6.07) is 8.55. The lowest BCUT2D eigenvalue weighted by Crippen LogP contribution is -2.40. The van der Waals surface area contributed by atoms with Crippen molar-refractivity contribution >= 4 is 33.6 Å². The number of carbonyl (C=O) groups excluding carboxylic acids is 1. The molecular formula is C18H24BrNOS. The van der Waals surface area contributed by atoms with Gasteiger partial charge in [0.25, 0.3) is 0 Å². The average Bonchev–Trinajstić information content (AvgIpc) is 3.12. The first-order valence-electron chi connectivity index (χ1n) is 8.24. The zero-order valence-electron chi connectivity index (χ0n) is 13.1. The smallest absolute Gasteiger partial charge is 0.230 e. The molecule has 0 heterocycles. The maximum absolute atomic E-state index is 12.1. The van der Waals surface area contributed by atoms with Gasteiger partial charge in [-0.2, -0.15) is 0 Å². The van der Waals surface area contributed by atoms with E-state index in [2.05, 4.69) is 34.2 Å². The molecule has 2 fully saturated rings. The number of thioether (sulfide) groups is 1. The highest BCUT2D eigenvalue weighted by atomic mass is 79.9. The summed E-state index contributed by atoms with van der Waals surface area (Å²) in [7, 11) is 0. The van der Waals surface area contributed by atoms with E-state index in [4.69, 9.17) is 0 Å².